The minimum atomic E-state index is -0.818. The SMILES string of the molecule is Cc1sc(C(=O)O)cc1CN(C)C1CCN(C)CC1. The van der Waals surface area contributed by atoms with Crippen molar-refractivity contribution in [1.29, 1.82) is 0 Å². The number of carboxylic acid groups (broad SMARTS) is 1. The number of aromatic carboxylic acids is 1. The fraction of sp³-hybridized carbons (Fsp3) is 0.643. The van der Waals surface area contributed by atoms with Crippen LogP contribution in [0.4, 0.5) is 0 Å². The summed E-state index contributed by atoms with van der Waals surface area (Å²) in [5.74, 6) is -0.818. The maximum atomic E-state index is 11.0. The molecule has 1 aliphatic rings. The Hall–Kier alpha value is -0.910. The zero-order chi connectivity index (χ0) is 14.0. The molecule has 0 spiro atoms. The zero-order valence-electron chi connectivity index (χ0n) is 11.8. The Morgan fingerprint density at radius 3 is 2.68 bits per heavy atom. The summed E-state index contributed by atoms with van der Waals surface area (Å²) >= 11 is 1.38. The van der Waals surface area contributed by atoms with Crippen molar-refractivity contribution in [1.82, 2.24) is 9.80 Å². The van der Waals surface area contributed by atoms with Gasteiger partial charge in [0.15, 0.2) is 0 Å². The maximum Gasteiger partial charge on any atom is 0.345 e. The molecule has 19 heavy (non-hydrogen) atoms. The highest BCUT2D eigenvalue weighted by molar-refractivity contribution is 7.14. The Kier molecular flexibility index (Phi) is 4.60. The number of thiophene rings is 1. The molecule has 0 amide bonds. The lowest BCUT2D eigenvalue weighted by molar-refractivity contribution is 0.0702. The molecule has 106 valence electrons. The minimum absolute atomic E-state index is 0.448. The molecule has 1 N–H and O–H groups in total. The molecular weight excluding hydrogens is 260 g/mol. The molecule has 0 aliphatic carbocycles. The molecule has 2 heterocycles. The van der Waals surface area contributed by atoms with Crippen molar-refractivity contribution >= 4 is 17.3 Å². The van der Waals surface area contributed by atoms with Gasteiger partial charge < -0.3 is 10.0 Å². The normalized spacial score (nSPS) is 18.1. The lowest BCUT2D eigenvalue weighted by atomic mass is 10.0. The van der Waals surface area contributed by atoms with Crippen LogP contribution in [0.15, 0.2) is 6.07 Å². The van der Waals surface area contributed by atoms with E-state index in [9.17, 15) is 4.79 Å². The van der Waals surface area contributed by atoms with Crippen molar-refractivity contribution in [2.24, 2.45) is 0 Å². The van der Waals surface area contributed by atoms with Crippen LogP contribution in [0.25, 0.3) is 0 Å². The largest absolute Gasteiger partial charge is 0.477 e. The monoisotopic (exact) mass is 282 g/mol. The molecule has 0 radical (unpaired) electrons. The molecule has 1 aliphatic heterocycles. The third-order valence-electron chi connectivity index (χ3n) is 3.96. The first-order valence-corrected chi connectivity index (χ1v) is 7.50. The Labute approximate surface area is 118 Å². The van der Waals surface area contributed by atoms with Crippen molar-refractivity contribution in [3.8, 4) is 0 Å². The Morgan fingerprint density at radius 1 is 1.53 bits per heavy atom. The summed E-state index contributed by atoms with van der Waals surface area (Å²) in [5, 5.41) is 9.03. The number of carboxylic acids is 1. The molecule has 0 bridgehead atoms. The number of hydrogen-bond acceptors (Lipinski definition) is 4. The quantitative estimate of drug-likeness (QED) is 0.920. The third-order valence-corrected chi connectivity index (χ3v) is 5.04. The van der Waals surface area contributed by atoms with Crippen LogP contribution in [-0.4, -0.2) is 54.1 Å². The van der Waals surface area contributed by atoms with Crippen molar-refractivity contribution in [2.45, 2.75) is 32.4 Å². The van der Waals surface area contributed by atoms with Gasteiger partial charge in [0.1, 0.15) is 4.88 Å². The summed E-state index contributed by atoms with van der Waals surface area (Å²) in [6.45, 7) is 5.16. The first-order valence-electron chi connectivity index (χ1n) is 6.68. The topological polar surface area (TPSA) is 43.8 Å². The highest BCUT2D eigenvalue weighted by Gasteiger charge is 2.21. The van der Waals surface area contributed by atoms with Gasteiger partial charge in [0.25, 0.3) is 0 Å². The number of hydrogen-bond donors (Lipinski definition) is 1. The number of aryl methyl sites for hydroxylation is 1. The van der Waals surface area contributed by atoms with Crippen molar-refractivity contribution in [2.75, 3.05) is 27.2 Å². The van der Waals surface area contributed by atoms with Gasteiger partial charge in [-0.15, -0.1) is 11.3 Å². The summed E-state index contributed by atoms with van der Waals surface area (Å²) in [6.07, 6.45) is 2.39. The predicted molar refractivity (Wildman–Crippen MR) is 78.0 cm³/mol. The second kappa shape index (κ2) is 6.03. The molecule has 1 aromatic heterocycles. The first-order chi connectivity index (χ1) is 8.97. The van der Waals surface area contributed by atoms with Crippen LogP contribution in [0, 0.1) is 6.92 Å². The number of carbonyl (C=O) groups is 1. The molecule has 0 saturated carbocycles. The third kappa shape index (κ3) is 3.55. The van der Waals surface area contributed by atoms with Gasteiger partial charge in [-0.05, 0) is 58.6 Å². The number of likely N-dealkylation sites (tertiary alicyclic amines) is 1. The lowest BCUT2D eigenvalue weighted by Gasteiger charge is -2.35. The standard InChI is InChI=1S/C14H22N2O2S/c1-10-11(8-13(19-10)14(17)18)9-16(3)12-4-6-15(2)7-5-12/h8,12H,4-7,9H2,1-3H3,(H,17,18). The van der Waals surface area contributed by atoms with Crippen LogP contribution in [0.3, 0.4) is 0 Å². The summed E-state index contributed by atoms with van der Waals surface area (Å²) in [4.78, 5) is 17.3. The van der Waals surface area contributed by atoms with E-state index in [4.69, 9.17) is 5.11 Å². The molecule has 4 nitrogen and oxygen atoms in total. The maximum absolute atomic E-state index is 11.0. The van der Waals surface area contributed by atoms with E-state index >= 15 is 0 Å². The fourth-order valence-corrected chi connectivity index (χ4v) is 3.49. The van der Waals surface area contributed by atoms with Gasteiger partial charge in [-0.2, -0.15) is 0 Å². The second-order valence-corrected chi connectivity index (χ2v) is 6.70. The molecule has 2 rings (SSSR count). The van der Waals surface area contributed by atoms with Gasteiger partial charge in [-0.25, -0.2) is 4.79 Å². The predicted octanol–water partition coefficient (Wildman–Crippen LogP) is 2.28. The minimum Gasteiger partial charge on any atom is -0.477 e. The Balaban J connectivity index is 1.98. The van der Waals surface area contributed by atoms with E-state index in [1.165, 1.54) is 24.2 Å². The van der Waals surface area contributed by atoms with Crippen LogP contribution >= 0.6 is 11.3 Å². The van der Waals surface area contributed by atoms with Crippen molar-refractivity contribution < 1.29 is 9.90 Å². The summed E-state index contributed by atoms with van der Waals surface area (Å²) in [7, 11) is 4.31. The van der Waals surface area contributed by atoms with E-state index in [-0.39, 0.29) is 0 Å². The molecule has 0 atom stereocenters. The zero-order valence-corrected chi connectivity index (χ0v) is 12.7. The molecule has 0 unspecified atom stereocenters. The molecule has 1 saturated heterocycles. The first kappa shape index (κ1) is 14.5. The molecule has 5 heteroatoms. The van der Waals surface area contributed by atoms with E-state index in [2.05, 4.69) is 23.9 Å². The molecule has 0 aromatic carbocycles. The average molecular weight is 282 g/mol. The van der Waals surface area contributed by atoms with Gasteiger partial charge in [0.2, 0.25) is 0 Å². The van der Waals surface area contributed by atoms with E-state index in [1.54, 1.807) is 0 Å². The van der Waals surface area contributed by atoms with Gasteiger partial charge in [0, 0.05) is 17.5 Å². The van der Waals surface area contributed by atoms with Crippen molar-refractivity contribution in [3.63, 3.8) is 0 Å². The van der Waals surface area contributed by atoms with Crippen LogP contribution < -0.4 is 0 Å². The van der Waals surface area contributed by atoms with E-state index in [0.29, 0.717) is 10.9 Å². The lowest BCUT2D eigenvalue weighted by Crippen LogP contribution is -2.41. The van der Waals surface area contributed by atoms with E-state index in [1.807, 2.05) is 13.0 Å². The van der Waals surface area contributed by atoms with Crippen LogP contribution in [0.5, 0.6) is 0 Å². The van der Waals surface area contributed by atoms with Gasteiger partial charge in [0.05, 0.1) is 0 Å². The number of piperidine rings is 1. The highest BCUT2D eigenvalue weighted by atomic mass is 32.1. The second-order valence-electron chi connectivity index (χ2n) is 5.45. The van der Waals surface area contributed by atoms with Gasteiger partial charge in [-0.1, -0.05) is 0 Å². The van der Waals surface area contributed by atoms with Gasteiger partial charge >= 0.3 is 5.97 Å². The molecule has 1 fully saturated rings. The summed E-state index contributed by atoms with van der Waals surface area (Å²) < 4.78 is 0. The number of nitrogens with zero attached hydrogens (tertiary/aromatic N) is 2. The van der Waals surface area contributed by atoms with E-state index in [0.717, 1.165) is 30.1 Å². The highest BCUT2D eigenvalue weighted by Crippen LogP contribution is 2.24. The Morgan fingerprint density at radius 2 is 2.16 bits per heavy atom. The van der Waals surface area contributed by atoms with E-state index < -0.39 is 5.97 Å². The number of rotatable bonds is 4. The summed E-state index contributed by atoms with van der Waals surface area (Å²) in [5.41, 5.74) is 1.16. The van der Waals surface area contributed by atoms with Gasteiger partial charge in [-0.3, -0.25) is 4.90 Å². The Bertz CT molecular complexity index is 450. The van der Waals surface area contributed by atoms with Crippen LogP contribution in [-0.2, 0) is 6.54 Å². The average Bonchev–Trinajstić information content (AvgIpc) is 2.72. The molecular formula is C14H22N2O2S. The smallest absolute Gasteiger partial charge is 0.345 e. The van der Waals surface area contributed by atoms with Crippen LogP contribution in [0.1, 0.15) is 33.0 Å². The van der Waals surface area contributed by atoms with Crippen molar-refractivity contribution in [3.05, 3.63) is 21.4 Å². The fourth-order valence-electron chi connectivity index (χ4n) is 2.62. The summed E-state index contributed by atoms with van der Waals surface area (Å²) in [6, 6.07) is 2.44. The molecule has 1 aromatic rings. The van der Waals surface area contributed by atoms with Crippen LogP contribution in [0.2, 0.25) is 0 Å².